The fraction of sp³-hybridized carbons (Fsp3) is 0.400. The molecule has 0 unspecified atom stereocenters. The zero-order valence-corrected chi connectivity index (χ0v) is 7.99. The predicted octanol–water partition coefficient (Wildman–Crippen LogP) is 1.80. The molecule has 0 atom stereocenters. The first-order valence-electron chi connectivity index (χ1n) is 4.62. The Morgan fingerprint density at radius 2 is 1.93 bits per heavy atom. The number of nitrogens with zero attached hydrogens (tertiary/aromatic N) is 1. The molecule has 0 amide bonds. The molecule has 4 nitrogen and oxygen atoms in total. The third kappa shape index (κ3) is 1.37. The first kappa shape index (κ1) is 9.15. The van der Waals surface area contributed by atoms with Crippen molar-refractivity contribution in [1.82, 2.24) is 5.32 Å². The van der Waals surface area contributed by atoms with Gasteiger partial charge in [0.2, 0.25) is 0 Å². The maximum atomic E-state index is 10.4. The van der Waals surface area contributed by atoms with Gasteiger partial charge in [-0.1, -0.05) is 12.1 Å². The second-order valence-electron chi connectivity index (χ2n) is 3.64. The molecule has 14 heavy (non-hydrogen) atoms. The number of non-ortho nitro benzene ring substituents is 1. The van der Waals surface area contributed by atoms with Crippen LogP contribution in [0.25, 0.3) is 0 Å². The SMILES string of the molecule is CNC1(c2ccc([N+](=O)[O-])cc2)CC1. The summed E-state index contributed by atoms with van der Waals surface area (Å²) < 4.78 is 0. The minimum absolute atomic E-state index is 0.0924. The molecule has 1 saturated carbocycles. The number of nitro benzene ring substituents is 1. The second-order valence-corrected chi connectivity index (χ2v) is 3.64. The van der Waals surface area contributed by atoms with Gasteiger partial charge < -0.3 is 5.32 Å². The summed E-state index contributed by atoms with van der Waals surface area (Å²) in [6, 6.07) is 6.79. The average molecular weight is 192 g/mol. The van der Waals surface area contributed by atoms with Crippen molar-refractivity contribution in [2.75, 3.05) is 7.05 Å². The molecule has 1 aromatic rings. The van der Waals surface area contributed by atoms with Crippen molar-refractivity contribution in [2.24, 2.45) is 0 Å². The van der Waals surface area contributed by atoms with Crippen molar-refractivity contribution in [3.8, 4) is 0 Å². The molecule has 0 radical (unpaired) electrons. The van der Waals surface area contributed by atoms with E-state index in [-0.39, 0.29) is 16.1 Å². The molecular formula is C10H12N2O2. The molecule has 0 bridgehead atoms. The maximum Gasteiger partial charge on any atom is 0.269 e. The number of rotatable bonds is 3. The average Bonchev–Trinajstić information content (AvgIpc) is 2.99. The van der Waals surface area contributed by atoms with Gasteiger partial charge >= 0.3 is 0 Å². The largest absolute Gasteiger partial charge is 0.310 e. The number of nitro groups is 1. The molecule has 2 rings (SSSR count). The summed E-state index contributed by atoms with van der Waals surface area (Å²) in [5.74, 6) is 0. The Kier molecular flexibility index (Phi) is 2.00. The van der Waals surface area contributed by atoms with E-state index < -0.39 is 0 Å². The molecule has 1 aromatic carbocycles. The van der Waals surface area contributed by atoms with Gasteiger partial charge in [-0.15, -0.1) is 0 Å². The minimum Gasteiger partial charge on any atom is -0.310 e. The highest BCUT2D eigenvalue weighted by atomic mass is 16.6. The lowest BCUT2D eigenvalue weighted by molar-refractivity contribution is -0.384. The summed E-state index contributed by atoms with van der Waals surface area (Å²) in [6.45, 7) is 0. The quantitative estimate of drug-likeness (QED) is 0.587. The van der Waals surface area contributed by atoms with Crippen molar-refractivity contribution >= 4 is 5.69 Å². The van der Waals surface area contributed by atoms with E-state index in [1.54, 1.807) is 12.1 Å². The Balaban J connectivity index is 2.26. The zero-order chi connectivity index (χ0) is 10.2. The van der Waals surface area contributed by atoms with Gasteiger partial charge in [-0.25, -0.2) is 0 Å². The van der Waals surface area contributed by atoms with Gasteiger partial charge in [0.05, 0.1) is 4.92 Å². The monoisotopic (exact) mass is 192 g/mol. The molecule has 74 valence electrons. The molecule has 0 aliphatic heterocycles. The van der Waals surface area contributed by atoms with Crippen LogP contribution in [0, 0.1) is 10.1 Å². The van der Waals surface area contributed by atoms with Gasteiger partial charge in [-0.3, -0.25) is 10.1 Å². The molecule has 1 N–H and O–H groups in total. The summed E-state index contributed by atoms with van der Waals surface area (Å²) in [7, 11) is 1.93. The summed E-state index contributed by atoms with van der Waals surface area (Å²) in [6.07, 6.45) is 2.22. The topological polar surface area (TPSA) is 55.2 Å². The molecule has 0 spiro atoms. The summed E-state index contributed by atoms with van der Waals surface area (Å²) in [5, 5.41) is 13.7. The zero-order valence-electron chi connectivity index (χ0n) is 7.99. The fourth-order valence-electron chi connectivity index (χ4n) is 1.71. The van der Waals surface area contributed by atoms with E-state index in [2.05, 4.69) is 5.32 Å². The molecule has 0 saturated heterocycles. The summed E-state index contributed by atoms with van der Waals surface area (Å²) >= 11 is 0. The van der Waals surface area contributed by atoms with E-state index in [4.69, 9.17) is 0 Å². The van der Waals surface area contributed by atoms with Crippen LogP contribution in [0.2, 0.25) is 0 Å². The van der Waals surface area contributed by atoms with E-state index in [0.717, 1.165) is 18.4 Å². The number of hydrogen-bond donors (Lipinski definition) is 1. The van der Waals surface area contributed by atoms with Gasteiger partial charge in [0.15, 0.2) is 0 Å². The normalized spacial score (nSPS) is 17.8. The molecule has 4 heteroatoms. The lowest BCUT2D eigenvalue weighted by Crippen LogP contribution is -2.24. The maximum absolute atomic E-state index is 10.4. The molecular weight excluding hydrogens is 180 g/mol. The number of nitrogens with one attached hydrogen (secondary N) is 1. The molecule has 0 aromatic heterocycles. The Morgan fingerprint density at radius 1 is 1.36 bits per heavy atom. The number of benzene rings is 1. The van der Waals surface area contributed by atoms with Gasteiger partial charge in [0, 0.05) is 17.7 Å². The standard InChI is InChI=1S/C10H12N2O2/c1-11-10(6-7-10)8-2-4-9(5-3-8)12(13)14/h2-5,11H,6-7H2,1H3. The predicted molar refractivity (Wildman–Crippen MR) is 53.1 cm³/mol. The van der Waals surface area contributed by atoms with E-state index in [9.17, 15) is 10.1 Å². The Bertz CT molecular complexity index is 355. The van der Waals surface area contributed by atoms with Crippen LogP contribution in [-0.4, -0.2) is 12.0 Å². The van der Waals surface area contributed by atoms with Crippen molar-refractivity contribution in [1.29, 1.82) is 0 Å². The second kappa shape index (κ2) is 3.06. The first-order chi connectivity index (χ1) is 6.68. The van der Waals surface area contributed by atoms with Crippen LogP contribution in [0.1, 0.15) is 18.4 Å². The van der Waals surface area contributed by atoms with Crippen LogP contribution in [0.4, 0.5) is 5.69 Å². The van der Waals surface area contributed by atoms with Crippen molar-refractivity contribution in [2.45, 2.75) is 18.4 Å². The van der Waals surface area contributed by atoms with Crippen LogP contribution in [-0.2, 0) is 5.54 Å². The first-order valence-corrected chi connectivity index (χ1v) is 4.62. The highest BCUT2D eigenvalue weighted by Gasteiger charge is 2.42. The van der Waals surface area contributed by atoms with Gasteiger partial charge in [-0.05, 0) is 25.5 Å². The smallest absolute Gasteiger partial charge is 0.269 e. The Morgan fingerprint density at radius 3 is 2.29 bits per heavy atom. The van der Waals surface area contributed by atoms with Crippen molar-refractivity contribution < 1.29 is 4.92 Å². The van der Waals surface area contributed by atoms with Crippen molar-refractivity contribution in [3.63, 3.8) is 0 Å². The van der Waals surface area contributed by atoms with E-state index in [0.29, 0.717) is 0 Å². The highest BCUT2D eigenvalue weighted by molar-refractivity contribution is 5.38. The van der Waals surface area contributed by atoms with Gasteiger partial charge in [-0.2, -0.15) is 0 Å². The number of hydrogen-bond acceptors (Lipinski definition) is 3. The minimum atomic E-state index is -0.372. The molecule has 1 fully saturated rings. The van der Waals surface area contributed by atoms with Crippen LogP contribution >= 0.6 is 0 Å². The molecule has 1 aliphatic rings. The van der Waals surface area contributed by atoms with Crippen LogP contribution < -0.4 is 5.32 Å². The van der Waals surface area contributed by atoms with E-state index in [1.807, 2.05) is 19.2 Å². The molecule has 1 aliphatic carbocycles. The Labute approximate surface area is 82.1 Å². The van der Waals surface area contributed by atoms with Gasteiger partial charge in [0.1, 0.15) is 0 Å². The lowest BCUT2D eigenvalue weighted by Gasteiger charge is -2.13. The van der Waals surface area contributed by atoms with E-state index in [1.165, 1.54) is 0 Å². The van der Waals surface area contributed by atoms with E-state index >= 15 is 0 Å². The van der Waals surface area contributed by atoms with Crippen LogP contribution in [0.15, 0.2) is 24.3 Å². The molecule has 0 heterocycles. The fourth-order valence-corrected chi connectivity index (χ4v) is 1.71. The third-order valence-electron chi connectivity index (χ3n) is 2.86. The van der Waals surface area contributed by atoms with Crippen LogP contribution in [0.3, 0.4) is 0 Å². The van der Waals surface area contributed by atoms with Crippen molar-refractivity contribution in [3.05, 3.63) is 39.9 Å². The summed E-state index contributed by atoms with van der Waals surface area (Å²) in [4.78, 5) is 10.1. The summed E-state index contributed by atoms with van der Waals surface area (Å²) in [5.41, 5.74) is 1.39. The highest BCUT2D eigenvalue weighted by Crippen LogP contribution is 2.45. The van der Waals surface area contributed by atoms with Crippen LogP contribution in [0.5, 0.6) is 0 Å². The third-order valence-corrected chi connectivity index (χ3v) is 2.86. The lowest BCUT2D eigenvalue weighted by atomic mass is 10.1. The Hall–Kier alpha value is -1.42. The van der Waals surface area contributed by atoms with Gasteiger partial charge in [0.25, 0.3) is 5.69 Å².